The number of piperidine rings is 1. The van der Waals surface area contributed by atoms with Gasteiger partial charge in [-0.05, 0) is 19.1 Å². The van der Waals surface area contributed by atoms with Gasteiger partial charge in [0.05, 0.1) is 23.8 Å². The molecular weight excluding hydrogens is 296 g/mol. The number of methoxy groups -OCH3 is 2. The first-order valence-electron chi connectivity index (χ1n) is 6.44. The number of carbonyl (C=O) groups excluding carboxylic acids is 1. The maximum Gasteiger partial charge on any atom is 0.350 e. The van der Waals surface area contributed by atoms with Crippen LogP contribution in [0.5, 0.6) is 0 Å². The molecule has 1 unspecified atom stereocenters. The Morgan fingerprint density at radius 3 is 2.85 bits per heavy atom. The second-order valence-corrected chi connectivity index (χ2v) is 6.44. The smallest absolute Gasteiger partial charge is 0.350 e. The van der Waals surface area contributed by atoms with Crippen LogP contribution in [0.2, 0.25) is 0 Å². The molecule has 1 aliphatic heterocycles. The minimum absolute atomic E-state index is 0.239. The molecule has 0 spiro atoms. The van der Waals surface area contributed by atoms with E-state index in [2.05, 4.69) is 4.90 Å². The Labute approximate surface area is 127 Å². The molecule has 1 saturated heterocycles. The Morgan fingerprint density at radius 2 is 2.25 bits per heavy atom. The van der Waals surface area contributed by atoms with E-state index in [1.807, 2.05) is 6.26 Å². The highest BCUT2D eigenvalue weighted by atomic mass is 32.2. The summed E-state index contributed by atoms with van der Waals surface area (Å²) in [5, 5.41) is 1.05. The average molecular weight is 316 g/mol. The summed E-state index contributed by atoms with van der Waals surface area (Å²) in [4.78, 5) is 15.5. The van der Waals surface area contributed by atoms with Crippen molar-refractivity contribution in [3.63, 3.8) is 0 Å². The van der Waals surface area contributed by atoms with Crippen LogP contribution in [0.3, 0.4) is 0 Å². The fourth-order valence-electron chi connectivity index (χ4n) is 2.38. The van der Waals surface area contributed by atoms with Crippen LogP contribution in [-0.2, 0) is 9.47 Å². The van der Waals surface area contributed by atoms with Crippen LogP contribution in [0.4, 0.5) is 10.7 Å². The predicted molar refractivity (Wildman–Crippen MR) is 84.1 cm³/mol. The minimum atomic E-state index is -0.366. The molecule has 1 atom stereocenters. The summed E-state index contributed by atoms with van der Waals surface area (Å²) in [7, 11) is 3.12. The summed E-state index contributed by atoms with van der Waals surface area (Å²) in [5.41, 5.74) is 6.63. The molecule has 0 saturated carbocycles. The van der Waals surface area contributed by atoms with E-state index in [0.717, 1.165) is 35.8 Å². The van der Waals surface area contributed by atoms with Crippen LogP contribution in [0.1, 0.15) is 22.5 Å². The van der Waals surface area contributed by atoms with Crippen molar-refractivity contribution in [1.29, 1.82) is 0 Å². The van der Waals surface area contributed by atoms with Gasteiger partial charge < -0.3 is 20.1 Å². The average Bonchev–Trinajstić information content (AvgIpc) is 2.83. The maximum absolute atomic E-state index is 11.8. The molecule has 2 N–H and O–H groups in total. The quantitative estimate of drug-likeness (QED) is 0.680. The molecule has 0 aliphatic carbocycles. The number of thiophene rings is 1. The monoisotopic (exact) mass is 316 g/mol. The molecule has 2 rings (SSSR count). The van der Waals surface area contributed by atoms with E-state index in [9.17, 15) is 4.79 Å². The Hall–Kier alpha value is -0.920. The van der Waals surface area contributed by atoms with Gasteiger partial charge in [-0.2, -0.15) is 0 Å². The van der Waals surface area contributed by atoms with Crippen LogP contribution in [-0.4, -0.2) is 45.6 Å². The minimum Gasteiger partial charge on any atom is -0.465 e. The Bertz CT molecular complexity index is 490. The zero-order chi connectivity index (χ0) is 14.7. The van der Waals surface area contributed by atoms with Gasteiger partial charge in [-0.25, -0.2) is 4.79 Å². The fourth-order valence-corrected chi connectivity index (χ4v) is 4.52. The Balaban J connectivity index is 2.33. The number of hydrogen-bond acceptors (Lipinski definition) is 7. The molecule has 5 nitrogen and oxygen atoms in total. The summed E-state index contributed by atoms with van der Waals surface area (Å²) in [5.74, 6) is -0.366. The number of ether oxygens (including phenoxy) is 2. The zero-order valence-corrected chi connectivity index (χ0v) is 13.6. The van der Waals surface area contributed by atoms with Crippen molar-refractivity contribution in [3.8, 4) is 0 Å². The Morgan fingerprint density at radius 1 is 1.50 bits per heavy atom. The van der Waals surface area contributed by atoms with Gasteiger partial charge in [-0.3, -0.25) is 0 Å². The topological polar surface area (TPSA) is 64.8 Å². The number of rotatable bonds is 4. The third-order valence-corrected chi connectivity index (χ3v) is 5.65. The van der Waals surface area contributed by atoms with E-state index in [0.29, 0.717) is 10.6 Å². The van der Waals surface area contributed by atoms with Crippen molar-refractivity contribution >= 4 is 39.8 Å². The van der Waals surface area contributed by atoms with Gasteiger partial charge in [-0.1, -0.05) is 0 Å². The molecule has 1 fully saturated rings. The molecule has 112 valence electrons. The van der Waals surface area contributed by atoms with E-state index in [1.54, 1.807) is 18.9 Å². The molecule has 20 heavy (non-hydrogen) atoms. The number of carbonyl (C=O) groups is 1. The van der Waals surface area contributed by atoms with Gasteiger partial charge >= 0.3 is 5.97 Å². The van der Waals surface area contributed by atoms with Crippen LogP contribution in [0.15, 0.2) is 4.90 Å². The lowest BCUT2D eigenvalue weighted by Gasteiger charge is -2.33. The standard InChI is InChI=1S/C13H20N2O3S2/c1-17-8-5-4-6-15(7-8)12-10(19-3)9(14)11(20-12)13(16)18-2/h8H,4-7,14H2,1-3H3. The normalized spacial score (nSPS) is 19.1. The molecule has 0 amide bonds. The van der Waals surface area contributed by atoms with Crippen LogP contribution >= 0.6 is 23.1 Å². The second-order valence-electron chi connectivity index (χ2n) is 4.62. The van der Waals surface area contributed by atoms with Crippen molar-refractivity contribution in [1.82, 2.24) is 0 Å². The lowest BCUT2D eigenvalue weighted by atomic mass is 10.1. The largest absolute Gasteiger partial charge is 0.465 e. The highest BCUT2D eigenvalue weighted by Gasteiger charge is 2.27. The van der Waals surface area contributed by atoms with Crippen molar-refractivity contribution in [2.24, 2.45) is 0 Å². The van der Waals surface area contributed by atoms with Gasteiger partial charge in [-0.15, -0.1) is 23.1 Å². The number of esters is 1. The van der Waals surface area contributed by atoms with Crippen molar-refractivity contribution < 1.29 is 14.3 Å². The van der Waals surface area contributed by atoms with Gasteiger partial charge in [0.2, 0.25) is 0 Å². The second kappa shape index (κ2) is 6.69. The number of nitrogen functional groups attached to an aromatic ring is 1. The summed E-state index contributed by atoms with van der Waals surface area (Å²) < 4.78 is 10.3. The lowest BCUT2D eigenvalue weighted by molar-refractivity contribution is 0.0607. The summed E-state index contributed by atoms with van der Waals surface area (Å²) in [6, 6.07) is 0. The van der Waals surface area contributed by atoms with E-state index < -0.39 is 0 Å². The molecule has 2 heterocycles. The molecule has 1 aliphatic rings. The van der Waals surface area contributed by atoms with E-state index in [4.69, 9.17) is 15.2 Å². The SMILES string of the molecule is COC(=O)c1sc(N2CCCC(OC)C2)c(SC)c1N. The first-order valence-corrected chi connectivity index (χ1v) is 8.48. The molecular formula is C13H20N2O3S2. The molecule has 1 aromatic rings. The molecule has 7 heteroatoms. The van der Waals surface area contributed by atoms with E-state index >= 15 is 0 Å². The lowest BCUT2D eigenvalue weighted by Crippen LogP contribution is -2.39. The van der Waals surface area contributed by atoms with Gasteiger partial charge in [0.25, 0.3) is 0 Å². The molecule has 1 aromatic heterocycles. The number of hydrogen-bond donors (Lipinski definition) is 1. The molecule has 0 bridgehead atoms. The highest BCUT2D eigenvalue weighted by Crippen LogP contribution is 2.44. The fraction of sp³-hybridized carbons (Fsp3) is 0.615. The third-order valence-electron chi connectivity index (χ3n) is 3.46. The summed E-state index contributed by atoms with van der Waals surface area (Å²) in [6.07, 6.45) is 4.37. The zero-order valence-electron chi connectivity index (χ0n) is 12.0. The maximum atomic E-state index is 11.8. The number of thioether (sulfide) groups is 1. The van der Waals surface area contributed by atoms with Crippen molar-refractivity contribution in [3.05, 3.63) is 4.88 Å². The predicted octanol–water partition coefficient (Wildman–Crippen LogP) is 2.45. The van der Waals surface area contributed by atoms with Gasteiger partial charge in [0.1, 0.15) is 9.88 Å². The third kappa shape index (κ3) is 2.89. The first kappa shape index (κ1) is 15.5. The van der Waals surface area contributed by atoms with E-state index in [1.165, 1.54) is 18.4 Å². The van der Waals surface area contributed by atoms with Crippen LogP contribution < -0.4 is 10.6 Å². The summed E-state index contributed by atoms with van der Waals surface area (Å²) in [6.45, 7) is 1.80. The Kier molecular flexibility index (Phi) is 5.17. The van der Waals surface area contributed by atoms with Crippen LogP contribution in [0.25, 0.3) is 0 Å². The molecule has 0 aromatic carbocycles. The molecule has 0 radical (unpaired) electrons. The highest BCUT2D eigenvalue weighted by molar-refractivity contribution is 7.99. The number of nitrogens with two attached hydrogens (primary N) is 1. The summed E-state index contributed by atoms with van der Waals surface area (Å²) >= 11 is 2.98. The first-order chi connectivity index (χ1) is 9.62. The van der Waals surface area contributed by atoms with Crippen molar-refractivity contribution in [2.45, 2.75) is 23.8 Å². The number of anilines is 2. The van der Waals surface area contributed by atoms with E-state index in [-0.39, 0.29) is 12.1 Å². The van der Waals surface area contributed by atoms with Crippen molar-refractivity contribution in [2.75, 3.05) is 44.2 Å². The van der Waals surface area contributed by atoms with Crippen LogP contribution in [0, 0.1) is 0 Å². The van der Waals surface area contributed by atoms with Gasteiger partial charge in [0, 0.05) is 20.2 Å². The van der Waals surface area contributed by atoms with Gasteiger partial charge in [0.15, 0.2) is 0 Å². The number of nitrogens with zero attached hydrogens (tertiary/aromatic N) is 1.